The molecule has 0 heterocycles. The number of nitrogens with one attached hydrogen (secondary N) is 1. The standard InChI is InChI=1S/C13H19BrN2O/c1-12(2,13(3,4)15)11(17)16-10-7-5-9(14)6-8-10/h5-8H,15H2,1-4H3,(H,16,17). The number of carbonyl (C=O) groups excluding carboxylic acids is 1. The summed E-state index contributed by atoms with van der Waals surface area (Å²) in [5, 5.41) is 2.88. The summed E-state index contributed by atoms with van der Waals surface area (Å²) in [5.41, 5.74) is 5.58. The number of halogens is 1. The van der Waals surface area contributed by atoms with E-state index in [9.17, 15) is 4.79 Å². The first-order valence-electron chi connectivity index (χ1n) is 5.50. The molecule has 0 aliphatic heterocycles. The van der Waals surface area contributed by atoms with Crippen molar-refractivity contribution >= 4 is 27.5 Å². The first-order chi connectivity index (χ1) is 7.64. The first-order valence-corrected chi connectivity index (χ1v) is 6.30. The van der Waals surface area contributed by atoms with Crippen LogP contribution in [0.5, 0.6) is 0 Å². The predicted octanol–water partition coefficient (Wildman–Crippen LogP) is 3.15. The third-order valence-corrected chi connectivity index (χ3v) is 3.81. The van der Waals surface area contributed by atoms with Crippen LogP contribution in [0.15, 0.2) is 28.7 Å². The molecule has 0 unspecified atom stereocenters. The minimum absolute atomic E-state index is 0.0766. The second kappa shape index (κ2) is 4.78. The second-order valence-electron chi connectivity index (χ2n) is 5.31. The summed E-state index contributed by atoms with van der Waals surface area (Å²) in [6.45, 7) is 7.41. The van der Waals surface area contributed by atoms with Crippen LogP contribution in [0.2, 0.25) is 0 Å². The predicted molar refractivity (Wildman–Crippen MR) is 74.8 cm³/mol. The van der Waals surface area contributed by atoms with Crippen molar-refractivity contribution in [2.24, 2.45) is 11.1 Å². The van der Waals surface area contributed by atoms with E-state index in [4.69, 9.17) is 5.73 Å². The Morgan fingerprint density at radius 1 is 1.18 bits per heavy atom. The summed E-state index contributed by atoms with van der Waals surface area (Å²) in [4.78, 5) is 12.2. The molecule has 1 rings (SSSR count). The van der Waals surface area contributed by atoms with E-state index in [2.05, 4.69) is 21.2 Å². The average molecular weight is 299 g/mol. The minimum atomic E-state index is -0.639. The number of anilines is 1. The molecule has 4 heteroatoms. The molecule has 3 nitrogen and oxygen atoms in total. The molecule has 3 N–H and O–H groups in total. The molecule has 0 radical (unpaired) electrons. The number of amides is 1. The topological polar surface area (TPSA) is 55.1 Å². The van der Waals surface area contributed by atoms with Crippen molar-refractivity contribution in [1.29, 1.82) is 0 Å². The van der Waals surface area contributed by atoms with Gasteiger partial charge >= 0.3 is 0 Å². The van der Waals surface area contributed by atoms with Crippen LogP contribution in [0.25, 0.3) is 0 Å². The van der Waals surface area contributed by atoms with Crippen LogP contribution in [-0.2, 0) is 4.79 Å². The van der Waals surface area contributed by atoms with Crippen LogP contribution in [0, 0.1) is 5.41 Å². The van der Waals surface area contributed by atoms with E-state index in [0.717, 1.165) is 10.2 Å². The van der Waals surface area contributed by atoms with Crippen molar-refractivity contribution in [2.45, 2.75) is 33.2 Å². The molecule has 0 aliphatic rings. The normalized spacial score (nSPS) is 12.4. The monoisotopic (exact) mass is 298 g/mol. The van der Waals surface area contributed by atoms with E-state index in [1.807, 2.05) is 52.0 Å². The highest BCUT2D eigenvalue weighted by atomic mass is 79.9. The largest absolute Gasteiger partial charge is 0.326 e. The van der Waals surface area contributed by atoms with E-state index in [-0.39, 0.29) is 5.91 Å². The summed E-state index contributed by atoms with van der Waals surface area (Å²) in [5.74, 6) is -0.0766. The van der Waals surface area contributed by atoms with Gasteiger partial charge in [0, 0.05) is 15.7 Å². The van der Waals surface area contributed by atoms with Crippen molar-refractivity contribution in [3.63, 3.8) is 0 Å². The molecule has 0 saturated carbocycles. The summed E-state index contributed by atoms with van der Waals surface area (Å²) < 4.78 is 0.980. The Morgan fingerprint density at radius 3 is 2.06 bits per heavy atom. The highest BCUT2D eigenvalue weighted by molar-refractivity contribution is 9.10. The van der Waals surface area contributed by atoms with Crippen LogP contribution in [0.4, 0.5) is 5.69 Å². The van der Waals surface area contributed by atoms with Crippen molar-refractivity contribution < 1.29 is 4.79 Å². The second-order valence-corrected chi connectivity index (χ2v) is 6.22. The summed E-state index contributed by atoms with van der Waals surface area (Å²) in [7, 11) is 0. The van der Waals surface area contributed by atoms with Crippen molar-refractivity contribution in [3.05, 3.63) is 28.7 Å². The van der Waals surface area contributed by atoms with Crippen LogP contribution >= 0.6 is 15.9 Å². The van der Waals surface area contributed by atoms with E-state index in [1.54, 1.807) is 0 Å². The fraction of sp³-hybridized carbons (Fsp3) is 0.462. The highest BCUT2D eigenvalue weighted by Crippen LogP contribution is 2.29. The highest BCUT2D eigenvalue weighted by Gasteiger charge is 2.40. The molecule has 17 heavy (non-hydrogen) atoms. The quantitative estimate of drug-likeness (QED) is 0.901. The molecular weight excluding hydrogens is 280 g/mol. The molecule has 0 fully saturated rings. The van der Waals surface area contributed by atoms with E-state index in [1.165, 1.54) is 0 Å². The fourth-order valence-corrected chi connectivity index (χ4v) is 1.38. The Balaban J connectivity index is 2.83. The fourth-order valence-electron chi connectivity index (χ4n) is 1.11. The maximum atomic E-state index is 12.2. The van der Waals surface area contributed by atoms with Crippen molar-refractivity contribution in [3.8, 4) is 0 Å². The number of carbonyl (C=O) groups is 1. The summed E-state index contributed by atoms with van der Waals surface area (Å²) >= 11 is 3.35. The number of hydrogen-bond acceptors (Lipinski definition) is 2. The zero-order valence-electron chi connectivity index (χ0n) is 10.7. The van der Waals surface area contributed by atoms with Gasteiger partial charge in [-0.05, 0) is 52.0 Å². The van der Waals surface area contributed by atoms with Gasteiger partial charge < -0.3 is 11.1 Å². The van der Waals surface area contributed by atoms with Gasteiger partial charge in [-0.2, -0.15) is 0 Å². The lowest BCUT2D eigenvalue weighted by Gasteiger charge is -2.36. The molecule has 0 aromatic heterocycles. The number of hydrogen-bond donors (Lipinski definition) is 2. The molecule has 0 aliphatic carbocycles. The van der Waals surface area contributed by atoms with Crippen LogP contribution in [0.1, 0.15) is 27.7 Å². The maximum absolute atomic E-state index is 12.2. The lowest BCUT2D eigenvalue weighted by Crippen LogP contribution is -2.53. The van der Waals surface area contributed by atoms with Gasteiger partial charge in [0.1, 0.15) is 0 Å². The molecule has 0 saturated heterocycles. The van der Waals surface area contributed by atoms with Gasteiger partial charge in [-0.3, -0.25) is 4.79 Å². The van der Waals surface area contributed by atoms with Gasteiger partial charge in [0.05, 0.1) is 5.41 Å². The lowest BCUT2D eigenvalue weighted by atomic mass is 9.74. The zero-order chi connectivity index (χ0) is 13.3. The SMILES string of the molecule is CC(C)(N)C(C)(C)C(=O)Nc1ccc(Br)cc1. The molecule has 1 amide bonds. The molecule has 0 spiro atoms. The summed E-state index contributed by atoms with van der Waals surface area (Å²) in [6, 6.07) is 7.47. The molecule has 94 valence electrons. The molecule has 0 bridgehead atoms. The van der Waals surface area contributed by atoms with Gasteiger partial charge in [-0.1, -0.05) is 15.9 Å². The lowest BCUT2D eigenvalue weighted by molar-refractivity contribution is -0.126. The smallest absolute Gasteiger partial charge is 0.231 e. The van der Waals surface area contributed by atoms with Gasteiger partial charge in [-0.15, -0.1) is 0 Å². The third kappa shape index (κ3) is 3.30. The minimum Gasteiger partial charge on any atom is -0.326 e. The van der Waals surface area contributed by atoms with Crippen LogP contribution in [0.3, 0.4) is 0 Å². The Kier molecular flexibility index (Phi) is 3.99. The van der Waals surface area contributed by atoms with Gasteiger partial charge in [0.25, 0.3) is 0 Å². The Bertz CT molecular complexity index is 404. The Morgan fingerprint density at radius 2 is 1.65 bits per heavy atom. The third-order valence-electron chi connectivity index (χ3n) is 3.28. The number of benzene rings is 1. The Hall–Kier alpha value is -0.870. The average Bonchev–Trinajstić information content (AvgIpc) is 2.19. The van der Waals surface area contributed by atoms with Crippen LogP contribution in [-0.4, -0.2) is 11.4 Å². The Labute approximate surface area is 111 Å². The van der Waals surface area contributed by atoms with Gasteiger partial charge in [0.2, 0.25) is 5.91 Å². The van der Waals surface area contributed by atoms with Gasteiger partial charge in [0.15, 0.2) is 0 Å². The number of nitrogens with two attached hydrogens (primary N) is 1. The molecular formula is C13H19BrN2O. The van der Waals surface area contributed by atoms with Crippen molar-refractivity contribution in [1.82, 2.24) is 0 Å². The summed E-state index contributed by atoms with van der Waals surface area (Å²) in [6.07, 6.45) is 0. The van der Waals surface area contributed by atoms with E-state index >= 15 is 0 Å². The van der Waals surface area contributed by atoms with Crippen molar-refractivity contribution in [2.75, 3.05) is 5.32 Å². The van der Waals surface area contributed by atoms with Crippen LogP contribution < -0.4 is 11.1 Å². The molecule has 1 aromatic carbocycles. The first kappa shape index (κ1) is 14.2. The molecule has 0 atom stereocenters. The van der Waals surface area contributed by atoms with E-state index in [0.29, 0.717) is 0 Å². The molecule has 1 aromatic rings. The van der Waals surface area contributed by atoms with Gasteiger partial charge in [-0.25, -0.2) is 0 Å². The maximum Gasteiger partial charge on any atom is 0.231 e. The van der Waals surface area contributed by atoms with E-state index < -0.39 is 11.0 Å². The zero-order valence-corrected chi connectivity index (χ0v) is 12.3. The number of rotatable bonds is 3.